The Bertz CT molecular complexity index is 622. The van der Waals surface area contributed by atoms with Gasteiger partial charge in [0.15, 0.2) is 0 Å². The van der Waals surface area contributed by atoms with Crippen molar-refractivity contribution >= 4 is 17.5 Å². The molecular weight excluding hydrogens is 280 g/mol. The molecule has 2 fully saturated rings. The van der Waals surface area contributed by atoms with Gasteiger partial charge in [-0.1, -0.05) is 12.2 Å². The second kappa shape index (κ2) is 4.87. The number of likely N-dealkylation sites (tertiary alicyclic amines) is 1. The van der Waals surface area contributed by atoms with E-state index in [4.69, 9.17) is 4.74 Å². The number of carbonyl (C=O) groups excluding carboxylic acids is 2. The molecule has 5 heteroatoms. The maximum absolute atomic E-state index is 12.5. The van der Waals surface area contributed by atoms with Gasteiger partial charge in [-0.05, 0) is 42.5 Å². The number of amides is 2. The lowest BCUT2D eigenvalue weighted by atomic mass is 9.85. The average Bonchev–Trinajstić information content (AvgIpc) is 3.21. The van der Waals surface area contributed by atoms with Crippen LogP contribution in [-0.2, 0) is 9.59 Å². The number of ether oxygens (including phenoxy) is 1. The molecule has 4 rings (SSSR count). The molecule has 22 heavy (non-hydrogen) atoms. The predicted octanol–water partition coefficient (Wildman–Crippen LogP) is 1.87. The van der Waals surface area contributed by atoms with Gasteiger partial charge >= 0.3 is 0 Å². The first-order chi connectivity index (χ1) is 10.7. The number of imide groups is 1. The molecule has 5 nitrogen and oxygen atoms in total. The van der Waals surface area contributed by atoms with Gasteiger partial charge < -0.3 is 10.1 Å². The number of nitrogens with zero attached hydrogens (tertiary/aromatic N) is 1. The van der Waals surface area contributed by atoms with Gasteiger partial charge in [0.1, 0.15) is 5.75 Å². The number of hydrogen-bond acceptors (Lipinski definition) is 4. The van der Waals surface area contributed by atoms with E-state index < -0.39 is 0 Å². The van der Waals surface area contributed by atoms with E-state index in [0.29, 0.717) is 0 Å². The van der Waals surface area contributed by atoms with Gasteiger partial charge in [-0.15, -0.1) is 0 Å². The molecular formula is C17H18N2O3. The monoisotopic (exact) mass is 298 g/mol. The van der Waals surface area contributed by atoms with Crippen LogP contribution in [0.3, 0.4) is 0 Å². The second-order valence-corrected chi connectivity index (χ2v) is 6.17. The van der Waals surface area contributed by atoms with Gasteiger partial charge in [-0.2, -0.15) is 0 Å². The number of allylic oxidation sites excluding steroid dienone is 2. The lowest BCUT2D eigenvalue weighted by Crippen LogP contribution is -2.37. The van der Waals surface area contributed by atoms with Crippen molar-refractivity contribution in [2.24, 2.45) is 23.7 Å². The van der Waals surface area contributed by atoms with Crippen molar-refractivity contribution in [1.29, 1.82) is 0 Å². The number of anilines is 1. The van der Waals surface area contributed by atoms with Crippen molar-refractivity contribution in [2.45, 2.75) is 6.42 Å². The van der Waals surface area contributed by atoms with Crippen molar-refractivity contribution in [3.8, 4) is 5.75 Å². The molecule has 114 valence electrons. The Kier molecular flexibility index (Phi) is 2.96. The van der Waals surface area contributed by atoms with Gasteiger partial charge in [0.05, 0.1) is 25.6 Å². The van der Waals surface area contributed by atoms with Gasteiger partial charge in [0.2, 0.25) is 11.8 Å². The summed E-state index contributed by atoms with van der Waals surface area (Å²) in [4.78, 5) is 26.4. The van der Waals surface area contributed by atoms with Crippen molar-refractivity contribution in [3.05, 3.63) is 36.4 Å². The lowest BCUT2D eigenvalue weighted by molar-refractivity contribution is -0.140. The molecule has 0 spiro atoms. The maximum atomic E-state index is 12.5. The molecule has 2 amide bonds. The molecule has 1 saturated heterocycles. The molecule has 4 atom stereocenters. The van der Waals surface area contributed by atoms with Crippen molar-refractivity contribution in [3.63, 3.8) is 0 Å². The third-order valence-electron chi connectivity index (χ3n) is 5.09. The summed E-state index contributed by atoms with van der Waals surface area (Å²) in [6.07, 6.45) is 5.18. The molecule has 1 aliphatic heterocycles. The summed E-state index contributed by atoms with van der Waals surface area (Å²) in [6.45, 7) is 0.233. The fourth-order valence-electron chi connectivity index (χ4n) is 4.00. The summed E-state index contributed by atoms with van der Waals surface area (Å²) < 4.78 is 5.11. The molecule has 1 aromatic carbocycles. The molecule has 1 N–H and O–H groups in total. The quantitative estimate of drug-likeness (QED) is 0.681. The zero-order valence-electron chi connectivity index (χ0n) is 12.4. The third kappa shape index (κ3) is 1.85. The van der Waals surface area contributed by atoms with E-state index in [9.17, 15) is 9.59 Å². The first-order valence-corrected chi connectivity index (χ1v) is 7.60. The number of methoxy groups -OCH3 is 1. The van der Waals surface area contributed by atoms with E-state index >= 15 is 0 Å². The van der Waals surface area contributed by atoms with Crippen LogP contribution in [0, 0.1) is 23.7 Å². The molecule has 2 bridgehead atoms. The largest absolute Gasteiger partial charge is 0.497 e. The zero-order valence-corrected chi connectivity index (χ0v) is 12.4. The number of fused-ring (bicyclic) bond motifs is 5. The Balaban J connectivity index is 1.45. The highest BCUT2D eigenvalue weighted by atomic mass is 16.5. The first kappa shape index (κ1) is 13.4. The van der Waals surface area contributed by atoms with Crippen LogP contribution in [0.25, 0.3) is 0 Å². The molecule has 2 aliphatic carbocycles. The normalized spacial score (nSPS) is 31.8. The number of rotatable bonds is 4. The highest BCUT2D eigenvalue weighted by Gasteiger charge is 2.59. The van der Waals surface area contributed by atoms with Gasteiger partial charge in [-0.25, -0.2) is 0 Å². The number of benzene rings is 1. The van der Waals surface area contributed by atoms with Crippen molar-refractivity contribution in [1.82, 2.24) is 4.90 Å². The number of carbonyl (C=O) groups is 2. The number of hydrogen-bond donors (Lipinski definition) is 1. The average molecular weight is 298 g/mol. The van der Waals surface area contributed by atoms with Crippen LogP contribution in [0.1, 0.15) is 6.42 Å². The van der Waals surface area contributed by atoms with E-state index in [0.717, 1.165) is 17.9 Å². The Morgan fingerprint density at radius 3 is 2.23 bits per heavy atom. The Labute approximate surface area is 128 Å². The standard InChI is InChI=1S/C17H18N2O3/c1-22-13-6-4-12(5-7-13)18-9-19-16(20)14-10-2-3-11(8-10)15(14)17(19)21/h2-7,10-11,14-15,18H,8-9H2,1H3/t10-,11-,14-,15-/m0/s1. The Morgan fingerprint density at radius 1 is 1.09 bits per heavy atom. The van der Waals surface area contributed by atoms with Crippen LogP contribution >= 0.6 is 0 Å². The minimum Gasteiger partial charge on any atom is -0.497 e. The van der Waals surface area contributed by atoms with Gasteiger partial charge in [0, 0.05) is 5.69 Å². The summed E-state index contributed by atoms with van der Waals surface area (Å²) in [5.41, 5.74) is 0.861. The number of nitrogens with one attached hydrogen (secondary N) is 1. The fraction of sp³-hybridized carbons (Fsp3) is 0.412. The van der Waals surface area contributed by atoms with E-state index in [2.05, 4.69) is 17.5 Å². The van der Waals surface area contributed by atoms with Crippen molar-refractivity contribution in [2.75, 3.05) is 19.1 Å². The highest BCUT2D eigenvalue weighted by molar-refractivity contribution is 6.06. The van der Waals surface area contributed by atoms with Crippen LogP contribution in [0.2, 0.25) is 0 Å². The van der Waals surface area contributed by atoms with Crippen LogP contribution < -0.4 is 10.1 Å². The Morgan fingerprint density at radius 2 is 1.68 bits per heavy atom. The van der Waals surface area contributed by atoms with Crippen LogP contribution in [0.5, 0.6) is 5.75 Å². The van der Waals surface area contributed by atoms with Crippen molar-refractivity contribution < 1.29 is 14.3 Å². The molecule has 0 aromatic heterocycles. The SMILES string of the molecule is COc1ccc(NCN2C(=O)[C@@H]3[C@@H](C2=O)[C@H]2C=C[C@H]3C2)cc1. The first-order valence-electron chi connectivity index (χ1n) is 7.60. The van der Waals surface area contributed by atoms with Gasteiger partial charge in [-0.3, -0.25) is 14.5 Å². The molecule has 1 aromatic rings. The van der Waals surface area contributed by atoms with E-state index in [1.165, 1.54) is 4.90 Å². The van der Waals surface area contributed by atoms with E-state index in [1.807, 2.05) is 24.3 Å². The second-order valence-electron chi connectivity index (χ2n) is 6.17. The molecule has 3 aliphatic rings. The smallest absolute Gasteiger partial charge is 0.235 e. The third-order valence-corrected chi connectivity index (χ3v) is 5.09. The minimum absolute atomic E-state index is 0.0205. The summed E-state index contributed by atoms with van der Waals surface area (Å²) in [5, 5.41) is 3.15. The predicted molar refractivity (Wildman–Crippen MR) is 81.1 cm³/mol. The van der Waals surface area contributed by atoms with Crippen LogP contribution in [0.15, 0.2) is 36.4 Å². The van der Waals surface area contributed by atoms with Crippen LogP contribution in [0.4, 0.5) is 5.69 Å². The molecule has 1 saturated carbocycles. The Hall–Kier alpha value is -2.30. The summed E-state index contributed by atoms with van der Waals surface area (Å²) in [6, 6.07) is 7.43. The van der Waals surface area contributed by atoms with Gasteiger partial charge in [0.25, 0.3) is 0 Å². The van der Waals surface area contributed by atoms with Crippen LogP contribution in [-0.4, -0.2) is 30.5 Å². The summed E-state index contributed by atoms with van der Waals surface area (Å²) in [5.74, 6) is 1.01. The summed E-state index contributed by atoms with van der Waals surface area (Å²) in [7, 11) is 1.62. The van der Waals surface area contributed by atoms with E-state index in [1.54, 1.807) is 7.11 Å². The minimum atomic E-state index is -0.125. The molecule has 1 heterocycles. The maximum Gasteiger partial charge on any atom is 0.235 e. The summed E-state index contributed by atoms with van der Waals surface area (Å²) >= 11 is 0. The molecule has 0 unspecified atom stereocenters. The zero-order chi connectivity index (χ0) is 15.3. The highest BCUT2D eigenvalue weighted by Crippen LogP contribution is 2.52. The fourth-order valence-corrected chi connectivity index (χ4v) is 4.00. The molecule has 0 radical (unpaired) electrons. The topological polar surface area (TPSA) is 58.6 Å². The lowest BCUT2D eigenvalue weighted by Gasteiger charge is -2.18. The van der Waals surface area contributed by atoms with E-state index in [-0.39, 0.29) is 42.2 Å².